The minimum absolute atomic E-state index is 0.264. The predicted octanol–water partition coefficient (Wildman–Crippen LogP) is 5.88. The van der Waals surface area contributed by atoms with Crippen molar-refractivity contribution in [2.24, 2.45) is 17.3 Å². The lowest BCUT2D eigenvalue weighted by Gasteiger charge is -2.45. The van der Waals surface area contributed by atoms with Gasteiger partial charge in [-0.25, -0.2) is 0 Å². The van der Waals surface area contributed by atoms with Gasteiger partial charge in [0.25, 0.3) is 0 Å². The van der Waals surface area contributed by atoms with E-state index in [4.69, 9.17) is 0 Å². The highest BCUT2D eigenvalue weighted by Gasteiger charge is 2.53. The van der Waals surface area contributed by atoms with E-state index in [1.165, 1.54) is 0 Å². The van der Waals surface area contributed by atoms with Crippen molar-refractivity contribution < 1.29 is 19.8 Å². The molecule has 6 nitrogen and oxygen atoms in total. The van der Waals surface area contributed by atoms with Crippen molar-refractivity contribution >= 4 is 11.8 Å². The Balaban J connectivity index is 3.23. The first-order chi connectivity index (χ1) is 16.8. The molecule has 2 amide bonds. The van der Waals surface area contributed by atoms with Crippen LogP contribution in [0.5, 0.6) is 0 Å². The molecular formula is C30H58N2O4. The molecule has 1 aliphatic carbocycles. The van der Waals surface area contributed by atoms with E-state index in [9.17, 15) is 19.8 Å². The summed E-state index contributed by atoms with van der Waals surface area (Å²) in [7, 11) is 0. The third kappa shape index (κ3) is 8.44. The smallest absolute Gasteiger partial charge is 0.236 e. The Hall–Kier alpha value is -1.14. The monoisotopic (exact) mass is 510 g/mol. The van der Waals surface area contributed by atoms with Gasteiger partial charge in [-0.2, -0.15) is 0 Å². The largest absolute Gasteiger partial charge is 0.388 e. The van der Waals surface area contributed by atoms with Crippen LogP contribution in [0.3, 0.4) is 0 Å². The Bertz CT molecular complexity index is 608. The summed E-state index contributed by atoms with van der Waals surface area (Å²) in [6.45, 7) is 16.6. The SMILES string of the molecule is CCCC(O)(CCC)[C@@H](CC(C)C)NC(=O)C1(C(=O)N[C@H](CC(C)C)C(O)(CCC)CCC)CCC1. The molecule has 4 N–H and O–H groups in total. The maximum absolute atomic E-state index is 13.8. The fraction of sp³-hybridized carbons (Fsp3) is 0.933. The lowest BCUT2D eigenvalue weighted by atomic mass is 9.66. The lowest BCUT2D eigenvalue weighted by molar-refractivity contribution is -0.154. The minimum atomic E-state index is -1.12. The number of nitrogens with one attached hydrogen (secondary N) is 2. The summed E-state index contributed by atoms with van der Waals surface area (Å²) in [4.78, 5) is 27.6. The first-order valence-electron chi connectivity index (χ1n) is 14.9. The van der Waals surface area contributed by atoms with Gasteiger partial charge in [0.1, 0.15) is 5.41 Å². The van der Waals surface area contributed by atoms with Crippen LogP contribution in [0.2, 0.25) is 0 Å². The molecular weight excluding hydrogens is 452 g/mol. The van der Waals surface area contributed by atoms with Crippen molar-refractivity contribution in [2.45, 2.75) is 162 Å². The molecule has 0 aromatic heterocycles. The van der Waals surface area contributed by atoms with Gasteiger partial charge in [-0.15, -0.1) is 0 Å². The molecule has 212 valence electrons. The Labute approximate surface area is 221 Å². The molecule has 1 saturated carbocycles. The van der Waals surface area contributed by atoms with Crippen molar-refractivity contribution in [3.8, 4) is 0 Å². The Morgan fingerprint density at radius 2 is 1.00 bits per heavy atom. The number of hydrogen-bond donors (Lipinski definition) is 4. The molecule has 1 rings (SSSR count). The van der Waals surface area contributed by atoms with Crippen LogP contribution >= 0.6 is 0 Å². The van der Waals surface area contributed by atoms with Crippen molar-refractivity contribution in [3.63, 3.8) is 0 Å². The van der Waals surface area contributed by atoms with E-state index in [0.717, 1.165) is 32.1 Å². The molecule has 6 heteroatoms. The average molecular weight is 511 g/mol. The highest BCUT2D eigenvalue weighted by atomic mass is 16.3. The fourth-order valence-electron chi connectivity index (χ4n) is 6.13. The molecule has 0 saturated heterocycles. The predicted molar refractivity (Wildman–Crippen MR) is 149 cm³/mol. The van der Waals surface area contributed by atoms with E-state index in [0.29, 0.717) is 63.2 Å². The van der Waals surface area contributed by atoms with Gasteiger partial charge < -0.3 is 20.8 Å². The summed E-state index contributed by atoms with van der Waals surface area (Å²) in [5.74, 6) is 0.0751. The van der Waals surface area contributed by atoms with E-state index < -0.39 is 28.7 Å². The second-order valence-electron chi connectivity index (χ2n) is 12.5. The normalized spacial score (nSPS) is 17.6. The molecule has 0 radical (unpaired) electrons. The van der Waals surface area contributed by atoms with Crippen LogP contribution < -0.4 is 10.6 Å². The average Bonchev–Trinajstić information content (AvgIpc) is 2.72. The summed E-state index contributed by atoms with van der Waals surface area (Å²) in [6, 6.07) is -0.780. The second-order valence-corrected chi connectivity index (χ2v) is 12.5. The van der Waals surface area contributed by atoms with Gasteiger partial charge >= 0.3 is 0 Å². The van der Waals surface area contributed by atoms with Gasteiger partial charge in [0.15, 0.2) is 0 Å². The third-order valence-corrected chi connectivity index (χ3v) is 8.13. The minimum Gasteiger partial charge on any atom is -0.388 e. The van der Waals surface area contributed by atoms with Crippen molar-refractivity contribution in [2.75, 3.05) is 0 Å². The molecule has 0 aliphatic heterocycles. The van der Waals surface area contributed by atoms with Gasteiger partial charge in [0.2, 0.25) is 11.8 Å². The topological polar surface area (TPSA) is 98.7 Å². The Kier molecular flexibility index (Phi) is 13.4. The van der Waals surface area contributed by atoms with Gasteiger partial charge in [0.05, 0.1) is 23.3 Å². The van der Waals surface area contributed by atoms with Gasteiger partial charge in [-0.3, -0.25) is 9.59 Å². The quantitative estimate of drug-likeness (QED) is 0.173. The summed E-state index contributed by atoms with van der Waals surface area (Å²) in [5.41, 5.74) is -3.08. The van der Waals surface area contributed by atoms with Crippen LogP contribution in [0, 0.1) is 17.3 Å². The van der Waals surface area contributed by atoms with Crippen LogP contribution in [0.1, 0.15) is 139 Å². The highest BCUT2D eigenvalue weighted by molar-refractivity contribution is 6.06. The summed E-state index contributed by atoms with van der Waals surface area (Å²) in [6.07, 6.45) is 8.98. The van der Waals surface area contributed by atoms with Crippen LogP contribution in [-0.4, -0.2) is 45.3 Å². The summed E-state index contributed by atoms with van der Waals surface area (Å²) >= 11 is 0. The fourth-order valence-corrected chi connectivity index (χ4v) is 6.13. The number of rotatable bonds is 18. The van der Waals surface area contributed by atoms with E-state index in [1.54, 1.807) is 0 Å². The molecule has 0 spiro atoms. The van der Waals surface area contributed by atoms with E-state index in [-0.39, 0.29) is 11.8 Å². The summed E-state index contributed by atoms with van der Waals surface area (Å²) in [5, 5.41) is 29.5. The molecule has 0 heterocycles. The molecule has 2 atom stereocenters. The van der Waals surface area contributed by atoms with Crippen LogP contribution in [0.15, 0.2) is 0 Å². The molecule has 1 fully saturated rings. The second kappa shape index (κ2) is 14.7. The van der Waals surface area contributed by atoms with E-state index in [1.807, 2.05) is 0 Å². The Morgan fingerprint density at radius 1 is 0.694 bits per heavy atom. The molecule has 0 unspecified atom stereocenters. The summed E-state index contributed by atoms with van der Waals surface area (Å²) < 4.78 is 0. The lowest BCUT2D eigenvalue weighted by Crippen LogP contribution is -2.64. The first-order valence-corrected chi connectivity index (χ1v) is 14.9. The maximum atomic E-state index is 13.8. The van der Waals surface area contributed by atoms with Crippen molar-refractivity contribution in [1.29, 1.82) is 0 Å². The Morgan fingerprint density at radius 3 is 1.19 bits per heavy atom. The zero-order chi connectivity index (χ0) is 27.6. The third-order valence-electron chi connectivity index (χ3n) is 8.13. The van der Waals surface area contributed by atoms with Crippen LogP contribution in [-0.2, 0) is 9.59 Å². The zero-order valence-electron chi connectivity index (χ0n) is 24.7. The van der Waals surface area contributed by atoms with E-state index >= 15 is 0 Å². The molecule has 36 heavy (non-hydrogen) atoms. The zero-order valence-corrected chi connectivity index (χ0v) is 24.7. The van der Waals surface area contributed by atoms with Crippen LogP contribution in [0.25, 0.3) is 0 Å². The standard InChI is InChI=1S/C30H58N2O4/c1-9-14-29(35,15-10-2)24(20-22(5)6)31-26(33)28(18-13-19-28)27(34)32-25(21-23(7)8)30(36,16-11-3)17-12-4/h22-25,35-36H,9-21H2,1-8H3,(H,31,33)(H,32,34)/t24-,25-/m1/s1. The highest BCUT2D eigenvalue weighted by Crippen LogP contribution is 2.43. The van der Waals surface area contributed by atoms with Gasteiger partial charge in [-0.05, 0) is 63.2 Å². The van der Waals surface area contributed by atoms with Crippen molar-refractivity contribution in [3.05, 3.63) is 0 Å². The molecule has 0 bridgehead atoms. The van der Waals surface area contributed by atoms with Crippen LogP contribution in [0.4, 0.5) is 0 Å². The number of carbonyl (C=O) groups is 2. The first kappa shape index (κ1) is 32.9. The maximum Gasteiger partial charge on any atom is 0.236 e. The number of carbonyl (C=O) groups excluding carboxylic acids is 2. The molecule has 0 aromatic rings. The van der Waals surface area contributed by atoms with Gasteiger partial charge in [-0.1, -0.05) is 87.5 Å². The van der Waals surface area contributed by atoms with Gasteiger partial charge in [0, 0.05) is 0 Å². The number of hydrogen-bond acceptors (Lipinski definition) is 4. The molecule has 0 aromatic carbocycles. The van der Waals surface area contributed by atoms with Crippen molar-refractivity contribution in [1.82, 2.24) is 10.6 Å². The molecule has 1 aliphatic rings. The van der Waals surface area contributed by atoms with E-state index in [2.05, 4.69) is 66.0 Å². The number of amides is 2. The number of aliphatic hydroxyl groups is 2.